The van der Waals surface area contributed by atoms with Crippen LogP contribution in [0.3, 0.4) is 0 Å². The molecule has 4 heteroatoms. The number of allylic oxidation sites excluding steroid dienone is 3. The molecule has 4 nitrogen and oxygen atoms in total. The lowest BCUT2D eigenvalue weighted by Gasteiger charge is -2.19. The highest BCUT2D eigenvalue weighted by atomic mass is 16.3. The van der Waals surface area contributed by atoms with Crippen LogP contribution in [0.4, 0.5) is 0 Å². The molecule has 0 spiro atoms. The molecule has 0 heterocycles. The molecule has 0 saturated carbocycles. The van der Waals surface area contributed by atoms with E-state index in [0.717, 1.165) is 32.1 Å². The molecule has 2 unspecified atom stereocenters. The zero-order valence-electron chi connectivity index (χ0n) is 41.7. The van der Waals surface area contributed by atoms with Gasteiger partial charge in [-0.1, -0.05) is 301 Å². The normalized spacial score (nSPS) is 12.9. The van der Waals surface area contributed by atoms with E-state index in [2.05, 4.69) is 31.3 Å². The summed E-state index contributed by atoms with van der Waals surface area (Å²) in [7, 11) is 0. The van der Waals surface area contributed by atoms with E-state index >= 15 is 0 Å². The molecule has 0 bridgehead atoms. The minimum Gasteiger partial charge on any atom is -0.394 e. The zero-order valence-corrected chi connectivity index (χ0v) is 41.7. The van der Waals surface area contributed by atoms with Gasteiger partial charge in [0.05, 0.1) is 18.8 Å². The molecule has 3 N–H and O–H groups in total. The van der Waals surface area contributed by atoms with Gasteiger partial charge in [0.25, 0.3) is 0 Å². The smallest absolute Gasteiger partial charge is 0.220 e. The van der Waals surface area contributed by atoms with E-state index in [1.54, 1.807) is 6.08 Å². The Morgan fingerprint density at radius 2 is 0.639 bits per heavy atom. The standard InChI is InChI=1S/C57H111NO3/c1-3-5-7-9-11-13-15-17-19-20-21-22-23-24-25-26-27-28-29-30-31-32-33-34-35-36-37-39-41-43-45-47-49-51-53-57(61)58-55(54-59)56(60)52-50-48-46-44-42-40-38-18-16-14-12-10-8-6-4-2/h42,44,50,52,55-56,59-60H,3-41,43,45-49,51,53-54H2,1-2H3,(H,58,61)/b44-42+,52-50+. The number of hydrogen-bond donors (Lipinski definition) is 3. The van der Waals surface area contributed by atoms with Gasteiger partial charge in [-0.05, 0) is 32.1 Å². The molecule has 1 amide bonds. The fourth-order valence-corrected chi connectivity index (χ4v) is 8.90. The van der Waals surface area contributed by atoms with E-state index in [1.807, 2.05) is 6.08 Å². The second-order valence-electron chi connectivity index (χ2n) is 19.4. The Labute approximate surface area is 383 Å². The van der Waals surface area contributed by atoms with Gasteiger partial charge in [0.2, 0.25) is 5.91 Å². The van der Waals surface area contributed by atoms with Gasteiger partial charge in [-0.15, -0.1) is 0 Å². The molecule has 0 aromatic heterocycles. The van der Waals surface area contributed by atoms with Gasteiger partial charge in [-0.25, -0.2) is 0 Å². The predicted octanol–water partition coefficient (Wildman–Crippen LogP) is 18.3. The first-order chi connectivity index (χ1) is 30.2. The molecule has 0 aliphatic heterocycles. The largest absolute Gasteiger partial charge is 0.394 e. The summed E-state index contributed by atoms with van der Waals surface area (Å²) in [6, 6.07) is -0.635. The number of nitrogens with one attached hydrogen (secondary N) is 1. The third kappa shape index (κ3) is 49.7. The number of aliphatic hydroxyl groups is 2. The van der Waals surface area contributed by atoms with Crippen LogP contribution < -0.4 is 5.32 Å². The summed E-state index contributed by atoms with van der Waals surface area (Å²) < 4.78 is 0. The van der Waals surface area contributed by atoms with Crippen molar-refractivity contribution >= 4 is 5.91 Å². The molecule has 0 aromatic rings. The fourth-order valence-electron chi connectivity index (χ4n) is 8.90. The zero-order chi connectivity index (χ0) is 44.2. The summed E-state index contributed by atoms with van der Waals surface area (Å²) in [5.41, 5.74) is 0. The molecule has 0 aromatic carbocycles. The van der Waals surface area contributed by atoms with Gasteiger partial charge in [-0.3, -0.25) is 4.79 Å². The average molecular weight is 859 g/mol. The average Bonchev–Trinajstić information content (AvgIpc) is 3.26. The van der Waals surface area contributed by atoms with E-state index in [1.165, 1.54) is 263 Å². The maximum absolute atomic E-state index is 12.4. The van der Waals surface area contributed by atoms with E-state index in [0.29, 0.717) is 6.42 Å². The second kappa shape index (κ2) is 53.2. The Balaban J connectivity index is 3.40. The summed E-state index contributed by atoms with van der Waals surface area (Å²) in [4.78, 5) is 12.4. The first-order valence-corrected chi connectivity index (χ1v) is 28.1. The molecule has 0 aliphatic rings. The maximum Gasteiger partial charge on any atom is 0.220 e. The van der Waals surface area contributed by atoms with Crippen LogP contribution in [0.5, 0.6) is 0 Å². The van der Waals surface area contributed by atoms with Gasteiger partial charge >= 0.3 is 0 Å². The molecule has 61 heavy (non-hydrogen) atoms. The van der Waals surface area contributed by atoms with Crippen molar-refractivity contribution in [1.82, 2.24) is 5.32 Å². The van der Waals surface area contributed by atoms with Crippen LogP contribution in [0.25, 0.3) is 0 Å². The van der Waals surface area contributed by atoms with Gasteiger partial charge < -0.3 is 15.5 Å². The molecule has 0 rings (SSSR count). The van der Waals surface area contributed by atoms with Gasteiger partial charge in [0, 0.05) is 6.42 Å². The number of aliphatic hydroxyl groups excluding tert-OH is 2. The van der Waals surface area contributed by atoms with Gasteiger partial charge in [-0.2, -0.15) is 0 Å². The van der Waals surface area contributed by atoms with E-state index in [9.17, 15) is 15.0 Å². The van der Waals surface area contributed by atoms with E-state index in [-0.39, 0.29) is 12.5 Å². The van der Waals surface area contributed by atoms with Crippen molar-refractivity contribution in [3.8, 4) is 0 Å². The number of amides is 1. The summed E-state index contributed by atoms with van der Waals surface area (Å²) in [6.45, 7) is 4.32. The first-order valence-electron chi connectivity index (χ1n) is 28.1. The Morgan fingerprint density at radius 3 is 0.951 bits per heavy atom. The van der Waals surface area contributed by atoms with Crippen molar-refractivity contribution in [3.63, 3.8) is 0 Å². The Morgan fingerprint density at radius 1 is 0.377 bits per heavy atom. The summed E-state index contributed by atoms with van der Waals surface area (Å²) >= 11 is 0. The highest BCUT2D eigenvalue weighted by molar-refractivity contribution is 5.76. The molecule has 0 radical (unpaired) electrons. The summed E-state index contributed by atoms with van der Waals surface area (Å²) in [5.74, 6) is -0.0678. The van der Waals surface area contributed by atoms with Gasteiger partial charge in [0.15, 0.2) is 0 Å². The van der Waals surface area contributed by atoms with Gasteiger partial charge in [0.1, 0.15) is 0 Å². The van der Waals surface area contributed by atoms with Crippen molar-refractivity contribution in [3.05, 3.63) is 24.3 Å². The van der Waals surface area contributed by atoms with Crippen LogP contribution in [0.15, 0.2) is 24.3 Å². The third-order valence-corrected chi connectivity index (χ3v) is 13.2. The van der Waals surface area contributed by atoms with E-state index < -0.39 is 12.1 Å². The second-order valence-corrected chi connectivity index (χ2v) is 19.4. The SMILES string of the molecule is CCCCCCCCCCC/C=C/CC/C=C/C(O)C(CO)NC(=O)CCCCCCCCCCCCCCCCCCCCCCCCCCCCCCCCCCCC. The minimum absolute atomic E-state index is 0.0678. The molecule has 362 valence electrons. The Hall–Kier alpha value is -1.13. The molecule has 2 atom stereocenters. The fraction of sp³-hybridized carbons (Fsp3) is 0.912. The summed E-state index contributed by atoms with van der Waals surface area (Å²) in [5, 5.41) is 23.1. The number of carbonyl (C=O) groups excluding carboxylic acids is 1. The predicted molar refractivity (Wildman–Crippen MR) is 272 cm³/mol. The van der Waals surface area contributed by atoms with Crippen LogP contribution >= 0.6 is 0 Å². The van der Waals surface area contributed by atoms with Crippen molar-refractivity contribution in [1.29, 1.82) is 0 Å². The highest BCUT2D eigenvalue weighted by Crippen LogP contribution is 2.18. The maximum atomic E-state index is 12.4. The summed E-state index contributed by atoms with van der Waals surface area (Å²) in [6.07, 6.45) is 70.7. The lowest BCUT2D eigenvalue weighted by molar-refractivity contribution is -0.123. The lowest BCUT2D eigenvalue weighted by Crippen LogP contribution is -2.45. The molecule has 0 saturated heterocycles. The molecule has 0 fully saturated rings. The third-order valence-electron chi connectivity index (χ3n) is 13.2. The van der Waals surface area contributed by atoms with Crippen LogP contribution in [-0.2, 0) is 4.79 Å². The van der Waals surface area contributed by atoms with Crippen molar-refractivity contribution in [2.75, 3.05) is 6.61 Å². The van der Waals surface area contributed by atoms with Crippen LogP contribution in [-0.4, -0.2) is 34.9 Å². The molecular formula is C57H111NO3. The first kappa shape index (κ1) is 59.9. The van der Waals surface area contributed by atoms with Crippen molar-refractivity contribution in [2.45, 2.75) is 328 Å². The van der Waals surface area contributed by atoms with Crippen molar-refractivity contribution in [2.24, 2.45) is 0 Å². The van der Waals surface area contributed by atoms with E-state index in [4.69, 9.17) is 0 Å². The molecular weight excluding hydrogens is 747 g/mol. The Kier molecular flexibility index (Phi) is 52.2. The minimum atomic E-state index is -0.858. The van der Waals surface area contributed by atoms with Crippen LogP contribution in [0.2, 0.25) is 0 Å². The van der Waals surface area contributed by atoms with Crippen molar-refractivity contribution < 1.29 is 15.0 Å². The lowest BCUT2D eigenvalue weighted by atomic mass is 10.0. The Bertz CT molecular complexity index is 886. The topological polar surface area (TPSA) is 69.6 Å². The van der Waals surface area contributed by atoms with Crippen LogP contribution in [0.1, 0.15) is 316 Å². The molecule has 0 aliphatic carbocycles. The monoisotopic (exact) mass is 858 g/mol. The number of carbonyl (C=O) groups is 1. The quantitative estimate of drug-likeness (QED) is 0.0422. The highest BCUT2D eigenvalue weighted by Gasteiger charge is 2.18. The van der Waals surface area contributed by atoms with Crippen LogP contribution in [0, 0.1) is 0 Å². The number of hydrogen-bond acceptors (Lipinski definition) is 3. The number of unbranched alkanes of at least 4 members (excludes halogenated alkanes) is 43. The number of rotatable bonds is 52.